The molecule has 1 aromatic carbocycles. The van der Waals surface area contributed by atoms with E-state index in [1.165, 1.54) is 16.8 Å². The van der Waals surface area contributed by atoms with Gasteiger partial charge in [0.05, 0.1) is 5.52 Å². The van der Waals surface area contributed by atoms with Crippen LogP contribution in [0.3, 0.4) is 0 Å². The zero-order valence-corrected chi connectivity index (χ0v) is 10.4. The highest BCUT2D eigenvalue weighted by Crippen LogP contribution is 2.12. The van der Waals surface area contributed by atoms with Crippen molar-refractivity contribution in [2.24, 2.45) is 5.92 Å². The van der Waals surface area contributed by atoms with E-state index >= 15 is 0 Å². The Morgan fingerprint density at radius 1 is 1.39 bits per heavy atom. The second-order valence-corrected chi connectivity index (χ2v) is 4.59. The van der Waals surface area contributed by atoms with E-state index in [4.69, 9.17) is 4.42 Å². The Morgan fingerprint density at radius 2 is 2.11 bits per heavy atom. The van der Waals surface area contributed by atoms with Gasteiger partial charge in [-0.1, -0.05) is 26.0 Å². The van der Waals surface area contributed by atoms with Gasteiger partial charge in [-0.2, -0.15) is 0 Å². The SMILES string of the molecule is CC(C)CC(=O)/C=C/n1c(=O)oc2ccccc21. The molecule has 0 N–H and O–H groups in total. The number of allylic oxidation sites excluding steroid dienone is 1. The molecule has 0 saturated carbocycles. The molecule has 4 nitrogen and oxygen atoms in total. The summed E-state index contributed by atoms with van der Waals surface area (Å²) in [5.74, 6) is -0.174. The number of hydrogen-bond acceptors (Lipinski definition) is 3. The smallest absolute Gasteiger partial charge is 0.407 e. The van der Waals surface area contributed by atoms with Crippen molar-refractivity contribution >= 4 is 23.1 Å². The Kier molecular flexibility index (Phi) is 3.46. The van der Waals surface area contributed by atoms with Crippen molar-refractivity contribution < 1.29 is 9.21 Å². The molecule has 0 radical (unpaired) electrons. The number of nitrogens with zero attached hydrogens (tertiary/aromatic N) is 1. The summed E-state index contributed by atoms with van der Waals surface area (Å²) < 4.78 is 6.40. The standard InChI is InChI=1S/C14H15NO3/c1-10(2)9-11(16)7-8-15-12-5-3-4-6-13(12)18-14(15)17/h3-8,10H,9H2,1-2H3/b8-7+. The highest BCUT2D eigenvalue weighted by Gasteiger charge is 2.06. The maximum atomic E-state index is 11.6. The molecule has 0 aliphatic rings. The van der Waals surface area contributed by atoms with Crippen molar-refractivity contribution in [1.82, 2.24) is 4.57 Å². The number of benzene rings is 1. The molecule has 0 aliphatic heterocycles. The van der Waals surface area contributed by atoms with E-state index in [1.807, 2.05) is 19.9 Å². The predicted octanol–water partition coefficient (Wildman–Crippen LogP) is 2.68. The Morgan fingerprint density at radius 3 is 2.83 bits per heavy atom. The fourth-order valence-electron chi connectivity index (χ4n) is 1.75. The molecule has 0 unspecified atom stereocenters. The van der Waals surface area contributed by atoms with Gasteiger partial charge in [0, 0.05) is 12.6 Å². The summed E-state index contributed by atoms with van der Waals surface area (Å²) in [4.78, 5) is 23.2. The number of hydrogen-bond donors (Lipinski definition) is 0. The summed E-state index contributed by atoms with van der Waals surface area (Å²) in [6, 6.07) is 7.11. The fraction of sp³-hybridized carbons (Fsp3) is 0.286. The second-order valence-electron chi connectivity index (χ2n) is 4.59. The summed E-state index contributed by atoms with van der Waals surface area (Å²) in [6.07, 6.45) is 3.36. The molecule has 18 heavy (non-hydrogen) atoms. The molecule has 0 spiro atoms. The predicted molar refractivity (Wildman–Crippen MR) is 70.3 cm³/mol. The van der Waals surface area contributed by atoms with Gasteiger partial charge >= 0.3 is 5.76 Å². The molecule has 0 atom stereocenters. The minimum Gasteiger partial charge on any atom is -0.407 e. The van der Waals surface area contributed by atoms with Gasteiger partial charge in [0.25, 0.3) is 0 Å². The van der Waals surface area contributed by atoms with Gasteiger partial charge in [0.15, 0.2) is 11.4 Å². The number of rotatable bonds is 4. The molecule has 2 rings (SSSR count). The molecular formula is C14H15NO3. The van der Waals surface area contributed by atoms with Gasteiger partial charge in [0.1, 0.15) is 0 Å². The molecule has 0 bridgehead atoms. The lowest BCUT2D eigenvalue weighted by molar-refractivity contribution is -0.115. The highest BCUT2D eigenvalue weighted by molar-refractivity contribution is 5.92. The number of para-hydroxylation sites is 2. The zero-order chi connectivity index (χ0) is 13.1. The summed E-state index contributed by atoms with van der Waals surface area (Å²) in [5.41, 5.74) is 1.18. The van der Waals surface area contributed by atoms with Gasteiger partial charge in [-0.3, -0.25) is 4.79 Å². The first kappa shape index (κ1) is 12.4. The summed E-state index contributed by atoms with van der Waals surface area (Å²) in [5, 5.41) is 0. The molecular weight excluding hydrogens is 230 g/mol. The Labute approximate surface area is 105 Å². The van der Waals surface area contributed by atoms with Crippen LogP contribution >= 0.6 is 0 Å². The first-order chi connectivity index (χ1) is 8.58. The third-order valence-corrected chi connectivity index (χ3v) is 2.54. The summed E-state index contributed by atoms with van der Waals surface area (Å²) in [7, 11) is 0. The average molecular weight is 245 g/mol. The lowest BCUT2D eigenvalue weighted by atomic mass is 10.1. The van der Waals surface area contributed by atoms with Crippen molar-refractivity contribution in [1.29, 1.82) is 0 Å². The molecule has 94 valence electrons. The first-order valence-electron chi connectivity index (χ1n) is 5.89. The fourth-order valence-corrected chi connectivity index (χ4v) is 1.75. The number of oxazole rings is 1. The van der Waals surface area contributed by atoms with E-state index in [0.29, 0.717) is 23.4 Å². The van der Waals surface area contributed by atoms with E-state index in [-0.39, 0.29) is 5.78 Å². The lowest BCUT2D eigenvalue weighted by Crippen LogP contribution is -2.08. The van der Waals surface area contributed by atoms with Crippen molar-refractivity contribution in [2.45, 2.75) is 20.3 Å². The quantitative estimate of drug-likeness (QED) is 0.778. The second kappa shape index (κ2) is 5.04. The zero-order valence-electron chi connectivity index (χ0n) is 10.4. The Balaban J connectivity index is 2.32. The van der Waals surface area contributed by atoms with Crippen LogP contribution in [0.1, 0.15) is 20.3 Å². The van der Waals surface area contributed by atoms with Gasteiger partial charge in [-0.25, -0.2) is 9.36 Å². The molecule has 0 amide bonds. The first-order valence-corrected chi connectivity index (χ1v) is 5.89. The van der Waals surface area contributed by atoms with E-state index in [9.17, 15) is 9.59 Å². The normalized spacial score (nSPS) is 11.7. The lowest BCUT2D eigenvalue weighted by Gasteiger charge is -1.98. The molecule has 2 aromatic rings. The minimum absolute atomic E-state index is 0.00202. The minimum atomic E-state index is -0.482. The van der Waals surface area contributed by atoms with Crippen molar-refractivity contribution in [2.75, 3.05) is 0 Å². The Bertz CT molecular complexity index is 646. The van der Waals surface area contributed by atoms with Crippen molar-refractivity contribution in [3.8, 4) is 0 Å². The van der Waals surface area contributed by atoms with Crippen molar-refractivity contribution in [3.05, 3.63) is 40.9 Å². The third kappa shape index (κ3) is 2.59. The van der Waals surface area contributed by atoms with E-state index in [0.717, 1.165) is 0 Å². The van der Waals surface area contributed by atoms with Crippen LogP contribution in [0.15, 0.2) is 39.6 Å². The van der Waals surface area contributed by atoms with Gasteiger partial charge in [-0.15, -0.1) is 0 Å². The van der Waals surface area contributed by atoms with Crippen LogP contribution in [0.4, 0.5) is 0 Å². The van der Waals surface area contributed by atoms with Gasteiger partial charge in [-0.05, 0) is 24.1 Å². The monoisotopic (exact) mass is 245 g/mol. The maximum Gasteiger partial charge on any atom is 0.424 e. The Hall–Kier alpha value is -2.10. The number of carbonyl (C=O) groups is 1. The number of fused-ring (bicyclic) bond motifs is 1. The summed E-state index contributed by atoms with van der Waals surface area (Å²) >= 11 is 0. The van der Waals surface area contributed by atoms with Crippen LogP contribution in [-0.4, -0.2) is 10.4 Å². The molecule has 0 fully saturated rings. The molecule has 1 aromatic heterocycles. The van der Waals surface area contributed by atoms with Gasteiger partial charge < -0.3 is 4.42 Å². The van der Waals surface area contributed by atoms with Crippen LogP contribution in [0.5, 0.6) is 0 Å². The molecule has 0 saturated heterocycles. The number of aromatic nitrogens is 1. The maximum absolute atomic E-state index is 11.6. The van der Waals surface area contributed by atoms with Crippen LogP contribution < -0.4 is 5.76 Å². The van der Waals surface area contributed by atoms with Crippen LogP contribution in [0, 0.1) is 5.92 Å². The summed E-state index contributed by atoms with van der Waals surface area (Å²) in [6.45, 7) is 3.95. The molecule has 1 heterocycles. The number of ketones is 1. The third-order valence-electron chi connectivity index (χ3n) is 2.54. The highest BCUT2D eigenvalue weighted by atomic mass is 16.4. The van der Waals surface area contributed by atoms with Crippen LogP contribution in [0.25, 0.3) is 17.3 Å². The van der Waals surface area contributed by atoms with E-state index in [1.54, 1.807) is 18.2 Å². The van der Waals surface area contributed by atoms with Crippen LogP contribution in [-0.2, 0) is 4.79 Å². The topological polar surface area (TPSA) is 52.2 Å². The van der Waals surface area contributed by atoms with Gasteiger partial charge in [0.2, 0.25) is 0 Å². The largest absolute Gasteiger partial charge is 0.424 e. The number of carbonyl (C=O) groups excluding carboxylic acids is 1. The average Bonchev–Trinajstić information content (AvgIpc) is 2.61. The molecule has 0 aliphatic carbocycles. The molecule has 4 heteroatoms. The van der Waals surface area contributed by atoms with Crippen molar-refractivity contribution in [3.63, 3.8) is 0 Å². The van der Waals surface area contributed by atoms with E-state index < -0.39 is 5.76 Å². The van der Waals surface area contributed by atoms with E-state index in [2.05, 4.69) is 0 Å². The van der Waals surface area contributed by atoms with Crippen LogP contribution in [0.2, 0.25) is 0 Å².